The molecule has 0 aliphatic heterocycles. The van der Waals surface area contributed by atoms with Crippen LogP contribution in [-0.2, 0) is 13.2 Å². The number of nitrogens with zero attached hydrogens (tertiary/aromatic N) is 1. The van der Waals surface area contributed by atoms with E-state index in [-0.39, 0.29) is 0 Å². The first-order valence-electron chi connectivity index (χ1n) is 8.81. The summed E-state index contributed by atoms with van der Waals surface area (Å²) in [5, 5.41) is 6.12. The van der Waals surface area contributed by atoms with E-state index in [9.17, 15) is 0 Å². The van der Waals surface area contributed by atoms with Gasteiger partial charge in [-0.25, -0.2) is 0 Å². The van der Waals surface area contributed by atoms with Crippen LogP contribution in [0.5, 0.6) is 11.5 Å². The topological polar surface area (TPSA) is 42.8 Å². The monoisotopic (exact) mass is 448 g/mol. The van der Waals surface area contributed by atoms with Crippen molar-refractivity contribution < 1.29 is 9.47 Å². The molecule has 0 radical (unpaired) electrons. The molecule has 0 unspecified atom stereocenters. The van der Waals surface area contributed by atoms with E-state index >= 15 is 0 Å². The predicted octanol–water partition coefficient (Wildman–Crippen LogP) is 6.36. The molecule has 0 saturated heterocycles. The minimum Gasteiger partial charge on any atom is -0.493 e. The fourth-order valence-electron chi connectivity index (χ4n) is 2.57. The van der Waals surface area contributed by atoms with Gasteiger partial charge in [-0.2, -0.15) is 5.10 Å². The van der Waals surface area contributed by atoms with Crippen molar-refractivity contribution in [1.82, 2.24) is 5.43 Å². The molecule has 0 aliphatic rings. The molecule has 4 nitrogen and oxygen atoms in total. The molecule has 29 heavy (non-hydrogen) atoms. The van der Waals surface area contributed by atoms with Gasteiger partial charge in [-0.15, -0.1) is 0 Å². The molecule has 150 valence electrons. The number of halogens is 3. The molecule has 3 aromatic rings. The van der Waals surface area contributed by atoms with Gasteiger partial charge in [0.2, 0.25) is 0 Å². The fourth-order valence-corrected chi connectivity index (χ4v) is 3.23. The molecule has 0 aromatic heterocycles. The number of methoxy groups -OCH3 is 1. The van der Waals surface area contributed by atoms with Crippen molar-refractivity contribution in [3.63, 3.8) is 0 Å². The van der Waals surface area contributed by atoms with Gasteiger partial charge in [0.05, 0.1) is 19.9 Å². The van der Waals surface area contributed by atoms with Crippen molar-refractivity contribution >= 4 is 41.0 Å². The first kappa shape index (κ1) is 21.3. The van der Waals surface area contributed by atoms with E-state index in [1.54, 1.807) is 31.5 Å². The van der Waals surface area contributed by atoms with Gasteiger partial charge in [-0.1, -0.05) is 53.0 Å². The SMILES string of the molecule is COc1cc(/C=N/NCc2c(Cl)cccc2Cl)ccc1OCc1ccc(Cl)cc1. The van der Waals surface area contributed by atoms with Gasteiger partial charge in [0.1, 0.15) is 6.61 Å². The van der Waals surface area contributed by atoms with Gasteiger partial charge in [0, 0.05) is 20.6 Å². The lowest BCUT2D eigenvalue weighted by Gasteiger charge is -2.11. The molecule has 0 heterocycles. The number of hydrogen-bond donors (Lipinski definition) is 1. The summed E-state index contributed by atoms with van der Waals surface area (Å²) >= 11 is 18.2. The second-order valence-corrected chi connectivity index (χ2v) is 7.37. The molecule has 0 spiro atoms. The number of hydrogen-bond acceptors (Lipinski definition) is 4. The Kier molecular flexibility index (Phi) is 7.64. The maximum absolute atomic E-state index is 6.15. The third-order valence-electron chi connectivity index (χ3n) is 4.12. The van der Waals surface area contributed by atoms with Crippen LogP contribution in [0.1, 0.15) is 16.7 Å². The molecule has 7 heteroatoms. The smallest absolute Gasteiger partial charge is 0.161 e. The van der Waals surface area contributed by atoms with Crippen LogP contribution < -0.4 is 14.9 Å². The van der Waals surface area contributed by atoms with E-state index < -0.39 is 0 Å². The molecule has 0 amide bonds. The third-order valence-corrected chi connectivity index (χ3v) is 5.08. The summed E-state index contributed by atoms with van der Waals surface area (Å²) in [7, 11) is 1.60. The van der Waals surface area contributed by atoms with Gasteiger partial charge in [0.25, 0.3) is 0 Å². The minimum absolute atomic E-state index is 0.418. The van der Waals surface area contributed by atoms with Crippen LogP contribution in [0.3, 0.4) is 0 Å². The van der Waals surface area contributed by atoms with Crippen LogP contribution in [0.4, 0.5) is 0 Å². The molecule has 1 N–H and O–H groups in total. The highest BCUT2D eigenvalue weighted by Gasteiger charge is 2.06. The zero-order chi connectivity index (χ0) is 20.6. The Hall–Kier alpha value is -2.40. The lowest BCUT2D eigenvalue weighted by atomic mass is 10.2. The van der Waals surface area contributed by atoms with Crippen molar-refractivity contribution in [2.24, 2.45) is 5.10 Å². The summed E-state index contributed by atoms with van der Waals surface area (Å²) in [6, 6.07) is 18.5. The fraction of sp³-hybridized carbons (Fsp3) is 0.136. The Morgan fingerprint density at radius 3 is 2.34 bits per heavy atom. The molecule has 0 bridgehead atoms. The quantitative estimate of drug-likeness (QED) is 0.321. The Balaban J connectivity index is 1.60. The van der Waals surface area contributed by atoms with Crippen molar-refractivity contribution in [3.05, 3.63) is 92.4 Å². The summed E-state index contributed by atoms with van der Waals surface area (Å²) in [5.74, 6) is 1.27. The van der Waals surface area contributed by atoms with Crippen molar-refractivity contribution in [1.29, 1.82) is 0 Å². The molecule has 3 aromatic carbocycles. The van der Waals surface area contributed by atoms with Crippen LogP contribution in [0.15, 0.2) is 65.8 Å². The van der Waals surface area contributed by atoms with E-state index in [0.29, 0.717) is 39.7 Å². The van der Waals surface area contributed by atoms with Gasteiger partial charge in [-0.3, -0.25) is 0 Å². The molecule has 0 atom stereocenters. The standard InChI is InChI=1S/C22H19Cl3N2O2/c1-28-22-11-16(12-26-27-13-18-19(24)3-2-4-20(18)25)7-10-21(22)29-14-15-5-8-17(23)9-6-15/h2-12,27H,13-14H2,1H3/b26-12+. The van der Waals surface area contributed by atoms with E-state index in [0.717, 1.165) is 16.7 Å². The van der Waals surface area contributed by atoms with Gasteiger partial charge in [-0.05, 0) is 53.6 Å². The zero-order valence-corrected chi connectivity index (χ0v) is 17.9. The number of ether oxygens (including phenoxy) is 2. The Bertz CT molecular complexity index is 972. The van der Waals surface area contributed by atoms with Crippen molar-refractivity contribution in [2.45, 2.75) is 13.2 Å². The number of nitrogens with one attached hydrogen (secondary N) is 1. The summed E-state index contributed by atoms with van der Waals surface area (Å²) < 4.78 is 11.3. The maximum atomic E-state index is 6.15. The average Bonchev–Trinajstić information content (AvgIpc) is 2.73. The van der Waals surface area contributed by atoms with Crippen LogP contribution in [0.25, 0.3) is 0 Å². The first-order chi connectivity index (χ1) is 14.1. The average molecular weight is 450 g/mol. The van der Waals surface area contributed by atoms with E-state index in [1.165, 1.54) is 0 Å². The van der Waals surface area contributed by atoms with Crippen LogP contribution in [0.2, 0.25) is 15.1 Å². The summed E-state index contributed by atoms with van der Waals surface area (Å²) in [6.07, 6.45) is 1.69. The van der Waals surface area contributed by atoms with E-state index in [1.807, 2.05) is 42.5 Å². The normalized spacial score (nSPS) is 10.9. The van der Waals surface area contributed by atoms with E-state index in [2.05, 4.69) is 10.5 Å². The van der Waals surface area contributed by atoms with Gasteiger partial charge < -0.3 is 14.9 Å². The van der Waals surface area contributed by atoms with Gasteiger partial charge >= 0.3 is 0 Å². The molecular weight excluding hydrogens is 431 g/mol. The lowest BCUT2D eigenvalue weighted by molar-refractivity contribution is 0.284. The second kappa shape index (κ2) is 10.4. The Labute approximate surface area is 185 Å². The van der Waals surface area contributed by atoms with Crippen molar-refractivity contribution in [3.8, 4) is 11.5 Å². The largest absolute Gasteiger partial charge is 0.493 e. The Morgan fingerprint density at radius 2 is 1.66 bits per heavy atom. The van der Waals surface area contributed by atoms with E-state index in [4.69, 9.17) is 44.3 Å². The summed E-state index contributed by atoms with van der Waals surface area (Å²) in [5.41, 5.74) is 5.63. The Morgan fingerprint density at radius 1 is 0.931 bits per heavy atom. The number of rotatable bonds is 8. The maximum Gasteiger partial charge on any atom is 0.161 e. The summed E-state index contributed by atoms with van der Waals surface area (Å²) in [6.45, 7) is 0.843. The van der Waals surface area contributed by atoms with Crippen molar-refractivity contribution in [2.75, 3.05) is 7.11 Å². The van der Waals surface area contributed by atoms with Crippen LogP contribution in [0, 0.1) is 0 Å². The zero-order valence-electron chi connectivity index (χ0n) is 15.7. The second-order valence-electron chi connectivity index (χ2n) is 6.12. The number of benzene rings is 3. The molecular formula is C22H19Cl3N2O2. The van der Waals surface area contributed by atoms with Gasteiger partial charge in [0.15, 0.2) is 11.5 Å². The lowest BCUT2D eigenvalue weighted by Crippen LogP contribution is -2.06. The highest BCUT2D eigenvalue weighted by atomic mass is 35.5. The molecule has 0 saturated carbocycles. The highest BCUT2D eigenvalue weighted by molar-refractivity contribution is 6.36. The summed E-state index contributed by atoms with van der Waals surface area (Å²) in [4.78, 5) is 0. The first-order valence-corrected chi connectivity index (χ1v) is 9.94. The number of hydrazone groups is 1. The molecule has 0 fully saturated rings. The predicted molar refractivity (Wildman–Crippen MR) is 120 cm³/mol. The molecule has 3 rings (SSSR count). The molecule has 0 aliphatic carbocycles. The van der Waals surface area contributed by atoms with Crippen LogP contribution in [-0.4, -0.2) is 13.3 Å². The highest BCUT2D eigenvalue weighted by Crippen LogP contribution is 2.28. The third kappa shape index (κ3) is 6.04. The minimum atomic E-state index is 0.418. The van der Waals surface area contributed by atoms with Crippen LogP contribution >= 0.6 is 34.8 Å².